The second-order valence-electron chi connectivity index (χ2n) is 6.04. The zero-order chi connectivity index (χ0) is 18.9. The summed E-state index contributed by atoms with van der Waals surface area (Å²) in [6, 6.07) is 7.96. The number of hydrazine groups is 1. The van der Waals surface area contributed by atoms with Crippen LogP contribution in [0.2, 0.25) is 0 Å². The molecule has 2 rings (SSSR count). The third-order valence-electron chi connectivity index (χ3n) is 3.61. The van der Waals surface area contributed by atoms with E-state index >= 15 is 0 Å². The lowest BCUT2D eigenvalue weighted by Crippen LogP contribution is -2.41. The number of pyridine rings is 1. The molecule has 0 bridgehead atoms. The normalized spacial score (nSPS) is 10.3. The van der Waals surface area contributed by atoms with Crippen molar-refractivity contribution in [2.45, 2.75) is 20.3 Å². The maximum atomic E-state index is 12.2. The first-order valence-electron chi connectivity index (χ1n) is 8.32. The molecule has 2 amide bonds. The van der Waals surface area contributed by atoms with Crippen molar-refractivity contribution in [2.24, 2.45) is 5.92 Å². The highest BCUT2D eigenvalue weighted by molar-refractivity contribution is 5.99. The van der Waals surface area contributed by atoms with Crippen molar-refractivity contribution >= 4 is 11.8 Å². The van der Waals surface area contributed by atoms with Crippen molar-refractivity contribution in [1.82, 2.24) is 15.8 Å². The van der Waals surface area contributed by atoms with Gasteiger partial charge in [0.15, 0.2) is 11.5 Å². The monoisotopic (exact) mass is 357 g/mol. The fourth-order valence-electron chi connectivity index (χ4n) is 2.09. The number of aromatic nitrogens is 1. The zero-order valence-corrected chi connectivity index (χ0v) is 15.1. The van der Waals surface area contributed by atoms with Crippen LogP contribution >= 0.6 is 0 Å². The summed E-state index contributed by atoms with van der Waals surface area (Å²) in [6.45, 7) is 4.81. The van der Waals surface area contributed by atoms with Crippen molar-refractivity contribution in [1.29, 1.82) is 0 Å². The van der Waals surface area contributed by atoms with Crippen LogP contribution in [0, 0.1) is 5.92 Å². The summed E-state index contributed by atoms with van der Waals surface area (Å²) >= 11 is 0. The second-order valence-corrected chi connectivity index (χ2v) is 6.04. The molecule has 0 saturated heterocycles. The van der Waals surface area contributed by atoms with Crippen LogP contribution in [0.5, 0.6) is 11.5 Å². The molecule has 1 aromatic carbocycles. The van der Waals surface area contributed by atoms with Crippen LogP contribution in [0.25, 0.3) is 0 Å². The molecule has 0 radical (unpaired) electrons. The van der Waals surface area contributed by atoms with Crippen LogP contribution in [0.3, 0.4) is 0 Å². The van der Waals surface area contributed by atoms with Gasteiger partial charge in [-0.3, -0.25) is 25.4 Å². The Morgan fingerprint density at radius 2 is 1.65 bits per heavy atom. The Bertz CT molecular complexity index is 748. The lowest BCUT2D eigenvalue weighted by atomic mass is 10.1. The third-order valence-corrected chi connectivity index (χ3v) is 3.61. The molecule has 0 aliphatic heterocycles. The third kappa shape index (κ3) is 5.47. The van der Waals surface area contributed by atoms with Crippen LogP contribution in [0.4, 0.5) is 0 Å². The molecule has 0 atom stereocenters. The molecular formula is C19H23N3O4. The van der Waals surface area contributed by atoms with Gasteiger partial charge in [0.05, 0.1) is 13.7 Å². The Labute approximate surface area is 152 Å². The van der Waals surface area contributed by atoms with Crippen molar-refractivity contribution in [2.75, 3.05) is 13.7 Å². The van der Waals surface area contributed by atoms with Gasteiger partial charge in [-0.15, -0.1) is 0 Å². The molecule has 7 nitrogen and oxygen atoms in total. The molecule has 1 heterocycles. The summed E-state index contributed by atoms with van der Waals surface area (Å²) < 4.78 is 11.0. The van der Waals surface area contributed by atoms with E-state index in [4.69, 9.17) is 9.47 Å². The van der Waals surface area contributed by atoms with E-state index in [0.29, 0.717) is 35.2 Å². The SMILES string of the molecule is COc1cc(C(=O)NNC(=O)c2ccncc2)ccc1OCCC(C)C. The van der Waals surface area contributed by atoms with Crippen molar-refractivity contribution < 1.29 is 19.1 Å². The van der Waals surface area contributed by atoms with Crippen LogP contribution in [0.15, 0.2) is 42.7 Å². The molecule has 0 aliphatic carbocycles. The number of methoxy groups -OCH3 is 1. The largest absolute Gasteiger partial charge is 0.493 e. The first-order chi connectivity index (χ1) is 12.5. The average molecular weight is 357 g/mol. The fraction of sp³-hybridized carbons (Fsp3) is 0.316. The van der Waals surface area contributed by atoms with E-state index in [-0.39, 0.29) is 0 Å². The van der Waals surface area contributed by atoms with Crippen LogP contribution in [0.1, 0.15) is 41.0 Å². The van der Waals surface area contributed by atoms with Crippen molar-refractivity contribution in [3.05, 3.63) is 53.9 Å². The lowest BCUT2D eigenvalue weighted by molar-refractivity contribution is 0.0846. The van der Waals surface area contributed by atoms with Crippen molar-refractivity contribution in [3.63, 3.8) is 0 Å². The minimum absolute atomic E-state index is 0.341. The summed E-state index contributed by atoms with van der Waals surface area (Å²) in [5.74, 6) is 0.684. The number of hydrogen-bond donors (Lipinski definition) is 2. The molecule has 2 aromatic rings. The molecule has 0 saturated carbocycles. The van der Waals surface area contributed by atoms with Gasteiger partial charge in [0.25, 0.3) is 11.8 Å². The number of carbonyl (C=O) groups excluding carboxylic acids is 2. The number of carbonyl (C=O) groups is 2. The van der Waals surface area contributed by atoms with Gasteiger partial charge in [-0.1, -0.05) is 13.8 Å². The maximum Gasteiger partial charge on any atom is 0.269 e. The van der Waals surface area contributed by atoms with Crippen LogP contribution in [-0.2, 0) is 0 Å². The van der Waals surface area contributed by atoms with Crippen molar-refractivity contribution in [3.8, 4) is 11.5 Å². The van der Waals surface area contributed by atoms with Gasteiger partial charge in [-0.25, -0.2) is 0 Å². The summed E-state index contributed by atoms with van der Waals surface area (Å²) in [6.07, 6.45) is 3.92. The van der Waals surface area contributed by atoms with Gasteiger partial charge in [0.2, 0.25) is 0 Å². The number of rotatable bonds is 7. The Kier molecular flexibility index (Phi) is 6.96. The Balaban J connectivity index is 1.97. The van der Waals surface area contributed by atoms with E-state index in [0.717, 1.165) is 6.42 Å². The minimum Gasteiger partial charge on any atom is -0.493 e. The highest BCUT2D eigenvalue weighted by Crippen LogP contribution is 2.28. The Morgan fingerprint density at radius 1 is 1.00 bits per heavy atom. The summed E-state index contributed by atoms with van der Waals surface area (Å²) in [7, 11) is 1.51. The van der Waals surface area contributed by atoms with E-state index in [1.165, 1.54) is 19.5 Å². The summed E-state index contributed by atoms with van der Waals surface area (Å²) in [5, 5.41) is 0. The highest BCUT2D eigenvalue weighted by atomic mass is 16.5. The smallest absolute Gasteiger partial charge is 0.269 e. The Hall–Kier alpha value is -3.09. The standard InChI is InChI=1S/C19H23N3O4/c1-13(2)8-11-26-16-5-4-15(12-17(16)25-3)19(24)22-21-18(23)14-6-9-20-10-7-14/h4-7,9-10,12-13H,8,11H2,1-3H3,(H,21,23)(H,22,24). The van der Waals surface area contributed by atoms with Gasteiger partial charge >= 0.3 is 0 Å². The van der Waals surface area contributed by atoms with Crippen LogP contribution in [-0.4, -0.2) is 30.5 Å². The quantitative estimate of drug-likeness (QED) is 0.744. The summed E-state index contributed by atoms with van der Waals surface area (Å²) in [4.78, 5) is 28.0. The first-order valence-corrected chi connectivity index (χ1v) is 8.32. The molecule has 1 aromatic heterocycles. The van der Waals surface area contributed by atoms with Gasteiger partial charge < -0.3 is 9.47 Å². The summed E-state index contributed by atoms with van der Waals surface area (Å²) in [5.41, 5.74) is 5.46. The predicted octanol–water partition coefficient (Wildman–Crippen LogP) is 2.59. The second kappa shape index (κ2) is 9.41. The minimum atomic E-state index is -0.459. The topological polar surface area (TPSA) is 89.6 Å². The van der Waals surface area contributed by atoms with E-state index in [1.807, 2.05) is 0 Å². The first kappa shape index (κ1) is 19.2. The molecule has 0 unspecified atom stereocenters. The number of amides is 2. The van der Waals surface area contributed by atoms with Gasteiger partial charge in [0, 0.05) is 23.5 Å². The molecule has 0 spiro atoms. The van der Waals surface area contributed by atoms with Gasteiger partial charge in [0.1, 0.15) is 0 Å². The number of hydrogen-bond acceptors (Lipinski definition) is 5. The molecule has 138 valence electrons. The van der Waals surface area contributed by atoms with E-state index in [9.17, 15) is 9.59 Å². The molecule has 2 N–H and O–H groups in total. The highest BCUT2D eigenvalue weighted by Gasteiger charge is 2.13. The number of nitrogens with one attached hydrogen (secondary N) is 2. The van der Waals surface area contributed by atoms with Gasteiger partial charge in [-0.2, -0.15) is 0 Å². The average Bonchev–Trinajstić information content (AvgIpc) is 2.66. The molecule has 7 heteroatoms. The van der Waals surface area contributed by atoms with E-state index in [2.05, 4.69) is 29.7 Å². The lowest BCUT2D eigenvalue weighted by Gasteiger charge is -2.13. The molecule has 26 heavy (non-hydrogen) atoms. The number of nitrogens with zero attached hydrogens (tertiary/aromatic N) is 1. The molecule has 0 aliphatic rings. The van der Waals surface area contributed by atoms with E-state index < -0.39 is 11.8 Å². The van der Waals surface area contributed by atoms with Gasteiger partial charge in [-0.05, 0) is 42.7 Å². The number of ether oxygens (including phenoxy) is 2. The molecule has 0 fully saturated rings. The fourth-order valence-corrected chi connectivity index (χ4v) is 2.09. The molecular weight excluding hydrogens is 334 g/mol. The zero-order valence-electron chi connectivity index (χ0n) is 15.1. The predicted molar refractivity (Wildman–Crippen MR) is 97.1 cm³/mol. The Morgan fingerprint density at radius 3 is 2.27 bits per heavy atom. The van der Waals surface area contributed by atoms with E-state index in [1.54, 1.807) is 30.3 Å². The number of benzene rings is 1. The maximum absolute atomic E-state index is 12.2. The van der Waals surface area contributed by atoms with Crippen LogP contribution < -0.4 is 20.3 Å².